The molecule has 18 heavy (non-hydrogen) atoms. The van der Waals surface area contributed by atoms with Crippen LogP contribution < -0.4 is 4.72 Å². The van der Waals surface area contributed by atoms with Crippen LogP contribution in [0.5, 0.6) is 0 Å². The number of nitrogens with one attached hydrogen (secondary N) is 1. The molecule has 1 aliphatic carbocycles. The molecule has 0 saturated heterocycles. The first kappa shape index (κ1) is 13.5. The van der Waals surface area contributed by atoms with Gasteiger partial charge in [0.25, 0.3) is 0 Å². The quantitative estimate of drug-likeness (QED) is 0.873. The van der Waals surface area contributed by atoms with Gasteiger partial charge in [0.15, 0.2) is 0 Å². The zero-order valence-electron chi connectivity index (χ0n) is 11.3. The molecule has 98 valence electrons. The van der Waals surface area contributed by atoms with Gasteiger partial charge >= 0.3 is 0 Å². The Kier molecular flexibility index (Phi) is 3.74. The Balaban J connectivity index is 2.12. The summed E-state index contributed by atoms with van der Waals surface area (Å²) >= 11 is 0. The van der Waals surface area contributed by atoms with E-state index in [2.05, 4.69) is 29.5 Å². The van der Waals surface area contributed by atoms with E-state index in [1.165, 1.54) is 11.1 Å². The molecule has 1 N–H and O–H groups in total. The van der Waals surface area contributed by atoms with Gasteiger partial charge < -0.3 is 0 Å². The summed E-state index contributed by atoms with van der Waals surface area (Å²) in [5.41, 5.74) is 3.70. The summed E-state index contributed by atoms with van der Waals surface area (Å²) in [7, 11) is -1.02. The highest BCUT2D eigenvalue weighted by molar-refractivity contribution is 7.84. The molecule has 2 nitrogen and oxygen atoms in total. The number of hydrogen-bond donors (Lipinski definition) is 1. The predicted molar refractivity (Wildman–Crippen MR) is 78.6 cm³/mol. The molecule has 0 aromatic heterocycles. The van der Waals surface area contributed by atoms with E-state index in [1.54, 1.807) is 0 Å². The van der Waals surface area contributed by atoms with Crippen molar-refractivity contribution in [1.29, 1.82) is 0 Å². The fraction of sp³-hybridized carbons (Fsp3) is 0.467. The van der Waals surface area contributed by atoms with Crippen LogP contribution in [0, 0.1) is 0 Å². The van der Waals surface area contributed by atoms with Gasteiger partial charge in [0, 0.05) is 6.04 Å². The molecule has 1 aromatic rings. The fourth-order valence-corrected chi connectivity index (χ4v) is 3.02. The highest BCUT2D eigenvalue weighted by atomic mass is 32.2. The van der Waals surface area contributed by atoms with Crippen LogP contribution in [0.2, 0.25) is 0 Å². The minimum absolute atomic E-state index is 0.224. The van der Waals surface area contributed by atoms with Crippen LogP contribution in [-0.2, 0) is 17.4 Å². The summed E-state index contributed by atoms with van der Waals surface area (Å²) in [5.74, 6) is 0. The second kappa shape index (κ2) is 4.98. The van der Waals surface area contributed by atoms with Crippen LogP contribution in [0.1, 0.15) is 38.3 Å². The molecule has 0 radical (unpaired) electrons. The average Bonchev–Trinajstić information content (AvgIpc) is 2.27. The lowest BCUT2D eigenvalue weighted by molar-refractivity contribution is 0.579. The topological polar surface area (TPSA) is 29.1 Å². The summed E-state index contributed by atoms with van der Waals surface area (Å²) in [6, 6.07) is 8.58. The van der Waals surface area contributed by atoms with E-state index in [-0.39, 0.29) is 10.8 Å². The molecule has 2 rings (SSSR count). The summed E-state index contributed by atoms with van der Waals surface area (Å²) < 4.78 is 15.1. The maximum atomic E-state index is 12.1. The van der Waals surface area contributed by atoms with E-state index in [4.69, 9.17) is 0 Å². The fourth-order valence-electron chi connectivity index (χ4n) is 2.20. The first-order valence-corrected chi connectivity index (χ1v) is 7.47. The van der Waals surface area contributed by atoms with Crippen molar-refractivity contribution in [2.45, 2.75) is 44.4 Å². The van der Waals surface area contributed by atoms with E-state index in [9.17, 15) is 4.21 Å². The Bertz CT molecular complexity index is 488. The SMILES string of the molecule is C=C1C[C@@H](N[S@@](=O)C(C)(C)C)Cc2ccccc21. The van der Waals surface area contributed by atoms with Crippen molar-refractivity contribution < 1.29 is 4.21 Å². The van der Waals surface area contributed by atoms with Gasteiger partial charge in [-0.25, -0.2) is 8.93 Å². The molecule has 0 aliphatic heterocycles. The van der Waals surface area contributed by atoms with Crippen LogP contribution >= 0.6 is 0 Å². The number of hydrogen-bond acceptors (Lipinski definition) is 1. The smallest absolute Gasteiger partial charge is 0.0972 e. The van der Waals surface area contributed by atoms with E-state index in [0.717, 1.165) is 18.4 Å². The van der Waals surface area contributed by atoms with Crippen LogP contribution in [-0.4, -0.2) is 15.0 Å². The summed E-state index contributed by atoms with van der Waals surface area (Å²) in [6.45, 7) is 10.1. The predicted octanol–water partition coefficient (Wildman–Crippen LogP) is 3.07. The number of rotatable bonds is 2. The van der Waals surface area contributed by atoms with Crippen molar-refractivity contribution in [3.8, 4) is 0 Å². The lowest BCUT2D eigenvalue weighted by Crippen LogP contribution is -2.42. The normalized spacial score (nSPS) is 21.5. The molecule has 0 unspecified atom stereocenters. The molecule has 2 atom stereocenters. The van der Waals surface area contributed by atoms with E-state index < -0.39 is 11.0 Å². The van der Waals surface area contributed by atoms with Crippen molar-refractivity contribution in [1.82, 2.24) is 4.72 Å². The van der Waals surface area contributed by atoms with Gasteiger partial charge in [-0.2, -0.15) is 0 Å². The van der Waals surface area contributed by atoms with Crippen molar-refractivity contribution in [2.75, 3.05) is 0 Å². The molecular weight excluding hydrogens is 242 g/mol. The van der Waals surface area contributed by atoms with Crippen molar-refractivity contribution in [2.24, 2.45) is 0 Å². The minimum atomic E-state index is -1.02. The highest BCUT2D eigenvalue weighted by Gasteiger charge is 2.26. The molecule has 0 bridgehead atoms. The van der Waals surface area contributed by atoms with Gasteiger partial charge in [-0.15, -0.1) is 0 Å². The van der Waals surface area contributed by atoms with Crippen LogP contribution in [0.4, 0.5) is 0 Å². The third-order valence-corrected chi connectivity index (χ3v) is 4.85. The van der Waals surface area contributed by atoms with Crippen LogP contribution in [0.15, 0.2) is 30.8 Å². The number of benzene rings is 1. The van der Waals surface area contributed by atoms with Crippen molar-refractivity contribution in [3.05, 3.63) is 42.0 Å². The van der Waals surface area contributed by atoms with E-state index >= 15 is 0 Å². The number of fused-ring (bicyclic) bond motifs is 1. The molecule has 0 saturated carbocycles. The zero-order chi connectivity index (χ0) is 13.3. The van der Waals surface area contributed by atoms with Crippen LogP contribution in [0.3, 0.4) is 0 Å². The molecule has 0 heterocycles. The Labute approximate surface area is 112 Å². The lowest BCUT2D eigenvalue weighted by Gasteiger charge is -2.29. The second-order valence-electron chi connectivity index (χ2n) is 5.86. The maximum Gasteiger partial charge on any atom is 0.0972 e. The molecule has 0 spiro atoms. The van der Waals surface area contributed by atoms with Gasteiger partial charge in [0.05, 0.1) is 15.7 Å². The molecule has 1 aromatic carbocycles. The maximum absolute atomic E-state index is 12.1. The first-order chi connectivity index (χ1) is 8.38. The molecule has 0 fully saturated rings. The van der Waals surface area contributed by atoms with Gasteiger partial charge in [-0.1, -0.05) is 30.8 Å². The summed E-state index contributed by atoms with van der Waals surface area (Å²) in [4.78, 5) is 0. The van der Waals surface area contributed by atoms with Gasteiger partial charge in [-0.05, 0) is 50.3 Å². The van der Waals surface area contributed by atoms with Gasteiger partial charge in [-0.3, -0.25) is 0 Å². The largest absolute Gasteiger partial charge is 0.242 e. The molecule has 1 aliphatic rings. The van der Waals surface area contributed by atoms with Crippen LogP contribution in [0.25, 0.3) is 5.57 Å². The highest BCUT2D eigenvalue weighted by Crippen LogP contribution is 2.29. The third kappa shape index (κ3) is 2.90. The Morgan fingerprint density at radius 1 is 1.28 bits per heavy atom. The molecular formula is C15H21NOS. The molecule has 3 heteroatoms. The Morgan fingerprint density at radius 2 is 1.94 bits per heavy atom. The monoisotopic (exact) mass is 263 g/mol. The van der Waals surface area contributed by atoms with Crippen molar-refractivity contribution >= 4 is 16.6 Å². The summed E-state index contributed by atoms with van der Waals surface area (Å²) in [5, 5.41) is 0. The zero-order valence-corrected chi connectivity index (χ0v) is 12.1. The van der Waals surface area contributed by atoms with Gasteiger partial charge in [0.2, 0.25) is 0 Å². The van der Waals surface area contributed by atoms with E-state index in [0.29, 0.717) is 0 Å². The van der Waals surface area contributed by atoms with Crippen molar-refractivity contribution in [3.63, 3.8) is 0 Å². The summed E-state index contributed by atoms with van der Waals surface area (Å²) in [6.07, 6.45) is 1.80. The third-order valence-electron chi connectivity index (χ3n) is 3.19. The standard InChI is InChI=1S/C15H21NOS/c1-11-9-13(16-18(17)15(2,3)4)10-12-7-5-6-8-14(11)12/h5-8,13,16H,1,9-10H2,2-4H3/t13-,18+/m1/s1. The van der Waals surface area contributed by atoms with E-state index in [1.807, 2.05) is 26.8 Å². The average molecular weight is 263 g/mol. The van der Waals surface area contributed by atoms with Gasteiger partial charge in [0.1, 0.15) is 0 Å². The Morgan fingerprint density at radius 3 is 2.61 bits per heavy atom. The second-order valence-corrected chi connectivity index (χ2v) is 7.86. The first-order valence-electron chi connectivity index (χ1n) is 6.32. The molecule has 0 amide bonds. The lowest BCUT2D eigenvalue weighted by atomic mass is 9.86. The minimum Gasteiger partial charge on any atom is -0.242 e. The Hall–Kier alpha value is -0.930.